The second-order valence-electron chi connectivity index (χ2n) is 20.6. The van der Waals surface area contributed by atoms with E-state index >= 15 is 0 Å². The van der Waals surface area contributed by atoms with Crippen molar-refractivity contribution < 1.29 is 0 Å². The van der Waals surface area contributed by atoms with Crippen LogP contribution in [0.2, 0.25) is 0 Å². The number of para-hydroxylation sites is 4. The molecule has 0 N–H and O–H groups in total. The first-order valence-electron chi connectivity index (χ1n) is 27.0. The minimum Gasteiger partial charge on any atom is -0.310 e. The minimum absolute atomic E-state index is 0.716. The second-order valence-corrected chi connectivity index (χ2v) is 20.6. The van der Waals surface area contributed by atoms with Crippen LogP contribution in [-0.4, -0.2) is 14.5 Å². The zero-order chi connectivity index (χ0) is 53.4. The van der Waals surface area contributed by atoms with E-state index in [1.165, 1.54) is 49.8 Å². The Hall–Kier alpha value is -10.1. The number of benzene rings is 11. The number of hydrogen-bond donors (Lipinski definition) is 0. The highest BCUT2D eigenvalue weighted by molar-refractivity contribution is 6.12. The highest BCUT2D eigenvalue weighted by atomic mass is 15.1. The molecule has 13 rings (SSSR count). The maximum Gasteiger partial charge on any atom is 0.160 e. The van der Waals surface area contributed by atoms with Crippen LogP contribution in [0.4, 0.5) is 34.1 Å². The molecule has 0 aliphatic carbocycles. The summed E-state index contributed by atoms with van der Waals surface area (Å²) in [4.78, 5) is 14.9. The predicted molar refractivity (Wildman–Crippen MR) is 332 cm³/mol. The van der Waals surface area contributed by atoms with Crippen molar-refractivity contribution in [2.24, 2.45) is 0 Å². The van der Waals surface area contributed by atoms with Gasteiger partial charge in [0.1, 0.15) is 0 Å². The Bertz CT molecular complexity index is 3980. The summed E-state index contributed by atoms with van der Waals surface area (Å²) >= 11 is 0. The van der Waals surface area contributed by atoms with Gasteiger partial charge in [-0.25, -0.2) is 9.97 Å². The monoisotopic (exact) mass is 1020 g/mol. The molecule has 79 heavy (non-hydrogen) atoms. The topological polar surface area (TPSA) is 37.2 Å². The number of anilines is 6. The molecule has 5 heteroatoms. The van der Waals surface area contributed by atoms with E-state index in [1.54, 1.807) is 0 Å². The van der Waals surface area contributed by atoms with E-state index in [0.29, 0.717) is 5.82 Å². The van der Waals surface area contributed by atoms with Crippen LogP contribution in [0.25, 0.3) is 83.6 Å². The lowest BCUT2D eigenvalue weighted by atomic mass is 9.96. The SMILES string of the molecule is Cc1ccc(-c2cc(-c3ccc(-c4ccc(-c5cc(C)c(-n6c7ccc(N(c8ccccc8)c8ccccc8)cc7c7cc(N(c8ccccc8)c8ccccc8)ccc76)c(C)c5)cc4)cc3)nc(-c3ccc(C)cc3)n2)cc1. The molecular weight excluding hydrogens is 959 g/mol. The Kier molecular flexibility index (Phi) is 12.8. The molecule has 0 radical (unpaired) electrons. The Morgan fingerprint density at radius 3 is 0.987 bits per heavy atom. The van der Waals surface area contributed by atoms with Crippen LogP contribution in [0.1, 0.15) is 22.3 Å². The quantitative estimate of drug-likeness (QED) is 0.122. The largest absolute Gasteiger partial charge is 0.310 e. The molecule has 0 atom stereocenters. The summed E-state index contributed by atoms with van der Waals surface area (Å²) in [5.41, 5.74) is 24.5. The molecule has 0 unspecified atom stereocenters. The summed E-state index contributed by atoms with van der Waals surface area (Å²) in [7, 11) is 0. The van der Waals surface area contributed by atoms with E-state index in [2.05, 4.69) is 315 Å². The van der Waals surface area contributed by atoms with Crippen LogP contribution in [-0.2, 0) is 0 Å². The maximum atomic E-state index is 5.11. The van der Waals surface area contributed by atoms with Crippen LogP contribution < -0.4 is 9.80 Å². The van der Waals surface area contributed by atoms with E-state index in [-0.39, 0.29) is 0 Å². The molecule has 0 saturated carbocycles. The lowest BCUT2D eigenvalue weighted by molar-refractivity contribution is 1.12. The van der Waals surface area contributed by atoms with Gasteiger partial charge in [0.25, 0.3) is 0 Å². The molecule has 0 spiro atoms. The highest BCUT2D eigenvalue weighted by Crippen LogP contribution is 2.44. The number of nitrogens with zero attached hydrogens (tertiary/aromatic N) is 5. The third-order valence-electron chi connectivity index (χ3n) is 15.1. The van der Waals surface area contributed by atoms with Gasteiger partial charge in [-0.3, -0.25) is 0 Å². The van der Waals surface area contributed by atoms with Crippen LogP contribution in [0.3, 0.4) is 0 Å². The maximum absolute atomic E-state index is 5.11. The molecule has 378 valence electrons. The highest BCUT2D eigenvalue weighted by Gasteiger charge is 2.22. The number of aryl methyl sites for hydroxylation is 4. The van der Waals surface area contributed by atoms with Crippen molar-refractivity contribution in [3.63, 3.8) is 0 Å². The van der Waals surface area contributed by atoms with Crippen LogP contribution in [0, 0.1) is 27.7 Å². The summed E-state index contributed by atoms with van der Waals surface area (Å²) in [6, 6.07) is 98.1. The van der Waals surface area contributed by atoms with Crippen LogP contribution in [0.15, 0.2) is 273 Å². The van der Waals surface area contributed by atoms with Crippen molar-refractivity contribution >= 4 is 55.9 Å². The smallest absolute Gasteiger partial charge is 0.160 e. The standard InChI is InChI=1S/C74H57N5/c1-50-25-29-57(30-26-50)69-49-70(76-74(75-69)59-31-27-51(2)28-32-59)58-39-37-55(38-40-58)54-33-35-56(36-34-54)60-45-52(3)73(53(4)46-60)79-71-43-41-65(77(61-17-9-5-10-18-61)62-19-11-6-12-20-62)47-67(71)68-48-66(42-44-72(68)79)78(63-21-13-7-14-22-63)64-23-15-8-16-24-64/h5-49H,1-4H3. The molecule has 0 bridgehead atoms. The van der Waals surface area contributed by atoms with Gasteiger partial charge < -0.3 is 14.4 Å². The lowest BCUT2D eigenvalue weighted by Gasteiger charge is -2.26. The van der Waals surface area contributed by atoms with Gasteiger partial charge in [-0.15, -0.1) is 0 Å². The predicted octanol–water partition coefficient (Wildman–Crippen LogP) is 20.1. The summed E-state index contributed by atoms with van der Waals surface area (Å²) < 4.78 is 2.48. The van der Waals surface area contributed by atoms with E-state index in [1.807, 2.05) is 0 Å². The van der Waals surface area contributed by atoms with E-state index in [4.69, 9.17) is 9.97 Å². The molecular formula is C74H57N5. The van der Waals surface area contributed by atoms with E-state index in [0.717, 1.165) is 84.4 Å². The number of rotatable bonds is 12. The van der Waals surface area contributed by atoms with Crippen molar-refractivity contribution in [1.82, 2.24) is 14.5 Å². The van der Waals surface area contributed by atoms with Crippen molar-refractivity contribution in [2.75, 3.05) is 9.80 Å². The van der Waals surface area contributed by atoms with Crippen molar-refractivity contribution in [1.29, 1.82) is 0 Å². The molecule has 0 saturated heterocycles. The molecule has 2 aromatic heterocycles. The Morgan fingerprint density at radius 2 is 0.608 bits per heavy atom. The van der Waals surface area contributed by atoms with Gasteiger partial charge in [-0.2, -0.15) is 0 Å². The Labute approximate surface area is 462 Å². The van der Waals surface area contributed by atoms with Gasteiger partial charge in [-0.05, 0) is 164 Å². The first-order valence-corrected chi connectivity index (χ1v) is 27.0. The molecule has 11 aromatic carbocycles. The molecule has 0 fully saturated rings. The zero-order valence-electron chi connectivity index (χ0n) is 44.7. The van der Waals surface area contributed by atoms with Crippen molar-refractivity contribution in [2.45, 2.75) is 27.7 Å². The number of aromatic nitrogens is 3. The third-order valence-corrected chi connectivity index (χ3v) is 15.1. The van der Waals surface area contributed by atoms with Gasteiger partial charge in [0.2, 0.25) is 0 Å². The molecule has 5 nitrogen and oxygen atoms in total. The Morgan fingerprint density at radius 1 is 0.278 bits per heavy atom. The van der Waals surface area contributed by atoms with E-state index < -0.39 is 0 Å². The minimum atomic E-state index is 0.716. The summed E-state index contributed by atoms with van der Waals surface area (Å²) in [6.45, 7) is 8.72. The normalized spacial score (nSPS) is 11.3. The summed E-state index contributed by atoms with van der Waals surface area (Å²) in [6.07, 6.45) is 0. The zero-order valence-corrected chi connectivity index (χ0v) is 44.7. The van der Waals surface area contributed by atoms with Gasteiger partial charge in [0, 0.05) is 61.6 Å². The fourth-order valence-corrected chi connectivity index (χ4v) is 11.2. The van der Waals surface area contributed by atoms with Crippen LogP contribution in [0.5, 0.6) is 0 Å². The van der Waals surface area contributed by atoms with Crippen molar-refractivity contribution in [3.8, 4) is 61.8 Å². The molecule has 2 heterocycles. The fourth-order valence-electron chi connectivity index (χ4n) is 11.2. The molecule has 0 aliphatic rings. The van der Waals surface area contributed by atoms with Crippen LogP contribution >= 0.6 is 0 Å². The van der Waals surface area contributed by atoms with Gasteiger partial charge in [0.15, 0.2) is 5.82 Å². The Balaban J connectivity index is 0.866. The fraction of sp³-hybridized carbons (Fsp3) is 0.0541. The third kappa shape index (κ3) is 9.53. The van der Waals surface area contributed by atoms with E-state index in [9.17, 15) is 0 Å². The summed E-state index contributed by atoms with van der Waals surface area (Å²) in [5.74, 6) is 0.716. The molecule has 13 aromatic rings. The van der Waals surface area contributed by atoms with Crippen molar-refractivity contribution in [3.05, 3.63) is 295 Å². The second kappa shape index (κ2) is 20.8. The number of hydrogen-bond acceptors (Lipinski definition) is 4. The first kappa shape index (κ1) is 48.5. The molecule has 0 aliphatic heterocycles. The van der Waals surface area contributed by atoms with Gasteiger partial charge >= 0.3 is 0 Å². The molecule has 0 amide bonds. The van der Waals surface area contributed by atoms with Gasteiger partial charge in [-0.1, -0.05) is 181 Å². The summed E-state index contributed by atoms with van der Waals surface area (Å²) in [5, 5.41) is 2.35. The first-order chi connectivity index (χ1) is 38.8. The average Bonchev–Trinajstić information content (AvgIpc) is 4.05. The van der Waals surface area contributed by atoms with Gasteiger partial charge in [0.05, 0.1) is 28.1 Å². The number of fused-ring (bicyclic) bond motifs is 3. The average molecular weight is 1020 g/mol. The lowest BCUT2D eigenvalue weighted by Crippen LogP contribution is -2.09.